The summed E-state index contributed by atoms with van der Waals surface area (Å²) < 4.78 is 52.0. The maximum atomic E-state index is 14.0. The van der Waals surface area contributed by atoms with Crippen LogP contribution in [-0.2, 0) is 22.6 Å². The number of anilines is 1. The fourth-order valence-corrected chi connectivity index (χ4v) is 5.89. The Morgan fingerprint density at radius 1 is 1.20 bits per heavy atom. The quantitative estimate of drug-likeness (QED) is 0.493. The molecule has 0 radical (unpaired) electrons. The van der Waals surface area contributed by atoms with Crippen molar-refractivity contribution >= 4 is 11.6 Å². The molecule has 224 valence electrons. The molecule has 0 saturated carbocycles. The van der Waals surface area contributed by atoms with E-state index in [1.54, 1.807) is 21.9 Å². The number of nitrogens with one attached hydrogen (secondary N) is 1. The van der Waals surface area contributed by atoms with Gasteiger partial charge >= 0.3 is 0 Å². The Hall–Kier alpha value is -2.77. The minimum atomic E-state index is -2.51. The van der Waals surface area contributed by atoms with Crippen molar-refractivity contribution in [3.8, 4) is 5.88 Å². The minimum absolute atomic E-state index is 0.00168. The number of morpholine rings is 1. The third-order valence-corrected chi connectivity index (χ3v) is 8.11. The number of ether oxygens (including phenoxy) is 2. The number of hydrogen-bond donors (Lipinski definition) is 2. The number of amides is 1. The summed E-state index contributed by atoms with van der Waals surface area (Å²) >= 11 is 0. The summed E-state index contributed by atoms with van der Waals surface area (Å²) in [5.74, 6) is -0.195. The van der Waals surface area contributed by atoms with Crippen molar-refractivity contribution < 1.29 is 32.5 Å². The Morgan fingerprint density at radius 3 is 2.71 bits per heavy atom. The number of fused-ring (bicyclic) bond motifs is 1. The predicted molar refractivity (Wildman–Crippen MR) is 147 cm³/mol. The molecule has 0 spiro atoms. The van der Waals surface area contributed by atoms with Crippen LogP contribution in [0.15, 0.2) is 30.3 Å². The fraction of sp³-hybridized carbons (Fsp3) is 0.586. The van der Waals surface area contributed by atoms with Crippen LogP contribution in [0.25, 0.3) is 0 Å². The zero-order chi connectivity index (χ0) is 29.1. The van der Waals surface area contributed by atoms with E-state index in [1.165, 1.54) is 12.1 Å². The molecule has 0 bridgehead atoms. The number of piperazine rings is 1. The summed E-state index contributed by atoms with van der Waals surface area (Å²) in [5.41, 5.74) is 2.51. The fourth-order valence-electron chi connectivity index (χ4n) is 5.89. The molecule has 1 aromatic carbocycles. The van der Waals surface area contributed by atoms with Gasteiger partial charge in [0, 0.05) is 38.3 Å². The number of aliphatic hydroxyl groups is 1. The molecule has 9 nitrogen and oxygen atoms in total. The molecule has 4 heterocycles. The molecule has 3 aliphatic heterocycles. The number of aromatic nitrogens is 1. The summed E-state index contributed by atoms with van der Waals surface area (Å²) in [4.78, 5) is 24.0. The number of nitrogens with zero attached hydrogens (tertiary/aromatic N) is 4. The van der Waals surface area contributed by atoms with E-state index in [0.717, 1.165) is 5.56 Å². The second-order valence-corrected chi connectivity index (χ2v) is 11.2. The zero-order valence-corrected chi connectivity index (χ0v) is 23.4. The second-order valence-electron chi connectivity index (χ2n) is 11.2. The summed E-state index contributed by atoms with van der Waals surface area (Å²) in [5, 5.41) is 13.4. The predicted octanol–water partition coefficient (Wildman–Crippen LogP) is 2.05. The van der Waals surface area contributed by atoms with Crippen molar-refractivity contribution in [2.24, 2.45) is 0 Å². The molecule has 1 amide bonds. The highest BCUT2D eigenvalue weighted by atomic mass is 19.3. The van der Waals surface area contributed by atoms with E-state index in [2.05, 4.69) is 15.2 Å². The summed E-state index contributed by atoms with van der Waals surface area (Å²) in [7, 11) is 0. The minimum Gasteiger partial charge on any atom is -0.474 e. The summed E-state index contributed by atoms with van der Waals surface area (Å²) in [6.45, 7) is 6.41. The first kappa shape index (κ1) is 29.7. The van der Waals surface area contributed by atoms with E-state index >= 15 is 0 Å². The van der Waals surface area contributed by atoms with E-state index in [9.17, 15) is 23.1 Å². The number of alkyl halides is 2. The lowest BCUT2D eigenvalue weighted by Gasteiger charge is -2.44. The number of carbonyl (C=O) groups excluding carboxylic acids is 1. The first-order chi connectivity index (χ1) is 19.7. The SMILES string of the molecule is C[C@@H]1CN(CC(=O)N2c3cc(Cc4ccc(F)cc4)c(CO)nc3OC[C@@H]2C)[C@@H](CN2CCOCC2C(F)F)CN1. The van der Waals surface area contributed by atoms with Gasteiger partial charge in [-0.05, 0) is 49.6 Å². The van der Waals surface area contributed by atoms with Crippen LogP contribution in [-0.4, -0.2) is 109 Å². The van der Waals surface area contributed by atoms with Crippen LogP contribution < -0.4 is 15.0 Å². The highest BCUT2D eigenvalue weighted by Crippen LogP contribution is 2.35. The highest BCUT2D eigenvalue weighted by Gasteiger charge is 2.38. The van der Waals surface area contributed by atoms with E-state index in [-0.39, 0.29) is 62.1 Å². The van der Waals surface area contributed by atoms with E-state index in [1.807, 2.05) is 19.9 Å². The van der Waals surface area contributed by atoms with Gasteiger partial charge in [0.25, 0.3) is 6.43 Å². The number of rotatable bonds is 8. The van der Waals surface area contributed by atoms with E-state index in [4.69, 9.17) is 9.47 Å². The van der Waals surface area contributed by atoms with Gasteiger partial charge in [-0.25, -0.2) is 18.2 Å². The Balaban J connectivity index is 1.37. The van der Waals surface area contributed by atoms with Crippen LogP contribution in [0.2, 0.25) is 0 Å². The van der Waals surface area contributed by atoms with Crippen LogP contribution in [0.1, 0.15) is 30.7 Å². The second kappa shape index (κ2) is 13.0. The van der Waals surface area contributed by atoms with Gasteiger partial charge in [0.1, 0.15) is 18.1 Å². The van der Waals surface area contributed by atoms with Crippen molar-refractivity contribution in [1.82, 2.24) is 20.1 Å². The number of halogens is 3. The van der Waals surface area contributed by atoms with Gasteiger partial charge in [-0.3, -0.25) is 14.6 Å². The van der Waals surface area contributed by atoms with Gasteiger partial charge in [0.05, 0.1) is 44.1 Å². The molecule has 2 saturated heterocycles. The molecular weight excluding hydrogens is 539 g/mol. The van der Waals surface area contributed by atoms with Crippen LogP contribution in [0.3, 0.4) is 0 Å². The lowest BCUT2D eigenvalue weighted by Crippen LogP contribution is -2.63. The van der Waals surface area contributed by atoms with Gasteiger partial charge in [-0.1, -0.05) is 12.1 Å². The number of carbonyl (C=O) groups is 1. The molecule has 2 fully saturated rings. The Labute approximate surface area is 238 Å². The molecule has 4 atom stereocenters. The molecule has 41 heavy (non-hydrogen) atoms. The third kappa shape index (κ3) is 6.83. The van der Waals surface area contributed by atoms with Crippen molar-refractivity contribution in [2.45, 2.75) is 57.5 Å². The van der Waals surface area contributed by atoms with Gasteiger partial charge in [0.2, 0.25) is 11.8 Å². The Morgan fingerprint density at radius 2 is 1.98 bits per heavy atom. The van der Waals surface area contributed by atoms with Gasteiger partial charge in [-0.2, -0.15) is 0 Å². The van der Waals surface area contributed by atoms with Gasteiger partial charge in [0.15, 0.2) is 0 Å². The first-order valence-electron chi connectivity index (χ1n) is 14.1. The van der Waals surface area contributed by atoms with Crippen LogP contribution in [0.4, 0.5) is 18.9 Å². The number of hydrogen-bond acceptors (Lipinski definition) is 8. The molecule has 1 unspecified atom stereocenters. The Kier molecular flexibility index (Phi) is 9.45. The van der Waals surface area contributed by atoms with Crippen molar-refractivity contribution in [3.63, 3.8) is 0 Å². The topological polar surface area (TPSA) is 90.4 Å². The lowest BCUT2D eigenvalue weighted by atomic mass is 10.0. The average Bonchev–Trinajstić information content (AvgIpc) is 2.95. The number of aliphatic hydroxyl groups excluding tert-OH is 1. The molecule has 2 N–H and O–H groups in total. The van der Waals surface area contributed by atoms with Crippen molar-refractivity contribution in [3.05, 3.63) is 53.0 Å². The first-order valence-corrected chi connectivity index (χ1v) is 14.1. The van der Waals surface area contributed by atoms with Gasteiger partial charge < -0.3 is 24.8 Å². The number of benzene rings is 1. The third-order valence-electron chi connectivity index (χ3n) is 8.11. The zero-order valence-electron chi connectivity index (χ0n) is 23.4. The largest absolute Gasteiger partial charge is 0.474 e. The maximum Gasteiger partial charge on any atom is 0.256 e. The molecule has 0 aliphatic carbocycles. The van der Waals surface area contributed by atoms with Gasteiger partial charge in [-0.15, -0.1) is 0 Å². The summed E-state index contributed by atoms with van der Waals surface area (Å²) in [6, 6.07) is 6.72. The lowest BCUT2D eigenvalue weighted by molar-refractivity contribution is -0.122. The summed E-state index contributed by atoms with van der Waals surface area (Å²) in [6.07, 6.45) is -2.11. The van der Waals surface area contributed by atoms with Crippen LogP contribution >= 0.6 is 0 Å². The van der Waals surface area contributed by atoms with Crippen LogP contribution in [0.5, 0.6) is 5.88 Å². The normalized spacial score (nSPS) is 25.7. The molecule has 2 aromatic rings. The molecular formula is C29H38F3N5O4. The molecule has 3 aliphatic rings. The average molecular weight is 578 g/mol. The Bertz CT molecular complexity index is 1200. The van der Waals surface area contributed by atoms with Crippen LogP contribution in [0, 0.1) is 5.82 Å². The number of pyridine rings is 1. The van der Waals surface area contributed by atoms with E-state index < -0.39 is 12.5 Å². The monoisotopic (exact) mass is 577 g/mol. The molecule has 12 heteroatoms. The van der Waals surface area contributed by atoms with Crippen molar-refractivity contribution in [1.29, 1.82) is 0 Å². The maximum absolute atomic E-state index is 14.0. The van der Waals surface area contributed by atoms with E-state index in [0.29, 0.717) is 56.2 Å². The molecule has 5 rings (SSSR count). The van der Waals surface area contributed by atoms with Crippen molar-refractivity contribution in [2.75, 3.05) is 57.4 Å². The standard InChI is InChI=1S/C29H38F3N5O4/c1-18-12-36(23(11-33-18)13-35-7-8-40-17-26(35)28(31)32)14-27(39)37-19(2)16-41-29-25(37)10-21(24(15-38)34-29)9-20-3-5-22(30)6-4-20/h3-6,10,18-19,23,26,28,33,38H,7-9,11-17H2,1-2H3/t18-,19+,23-,26?/m1/s1. The molecule has 1 aromatic heterocycles. The highest BCUT2D eigenvalue weighted by molar-refractivity contribution is 5.97. The smallest absolute Gasteiger partial charge is 0.256 e.